The fraction of sp³-hybridized carbons (Fsp3) is 0.700. The van der Waals surface area contributed by atoms with Gasteiger partial charge in [-0.2, -0.15) is 0 Å². The molecule has 17 heavy (non-hydrogen) atoms. The van der Waals surface area contributed by atoms with Crippen molar-refractivity contribution in [2.45, 2.75) is 25.8 Å². The van der Waals surface area contributed by atoms with Gasteiger partial charge in [-0.05, 0) is 19.8 Å². The van der Waals surface area contributed by atoms with Gasteiger partial charge in [0.05, 0.1) is 0 Å². The van der Waals surface area contributed by atoms with Crippen LogP contribution in [0, 0.1) is 5.92 Å². The van der Waals surface area contributed by atoms with Crippen molar-refractivity contribution in [3.05, 3.63) is 0 Å². The average Bonchev–Trinajstić information content (AvgIpc) is 2.28. The number of nitrogens with two attached hydrogens (primary N) is 1. The number of urea groups is 1. The number of carbonyl (C=O) groups is 3. The van der Waals surface area contributed by atoms with Gasteiger partial charge in [0.1, 0.15) is 6.04 Å². The maximum Gasteiger partial charge on any atom is 0.325 e. The van der Waals surface area contributed by atoms with E-state index in [0.717, 1.165) is 0 Å². The molecule has 0 aromatic heterocycles. The fourth-order valence-electron chi connectivity index (χ4n) is 1.71. The van der Waals surface area contributed by atoms with Crippen LogP contribution in [0.5, 0.6) is 0 Å². The molecule has 1 saturated heterocycles. The summed E-state index contributed by atoms with van der Waals surface area (Å²) >= 11 is 0. The van der Waals surface area contributed by atoms with E-state index in [2.05, 4.69) is 5.32 Å². The second-order valence-corrected chi connectivity index (χ2v) is 4.17. The molecule has 0 spiro atoms. The van der Waals surface area contributed by atoms with Gasteiger partial charge in [0.25, 0.3) is 0 Å². The molecule has 1 heterocycles. The van der Waals surface area contributed by atoms with E-state index in [1.165, 1.54) is 11.8 Å². The molecule has 96 valence electrons. The van der Waals surface area contributed by atoms with Crippen LogP contribution in [0.3, 0.4) is 0 Å². The summed E-state index contributed by atoms with van der Waals surface area (Å²) in [7, 11) is 0. The van der Waals surface area contributed by atoms with Gasteiger partial charge in [0.2, 0.25) is 5.91 Å². The van der Waals surface area contributed by atoms with E-state index >= 15 is 0 Å². The van der Waals surface area contributed by atoms with Crippen LogP contribution in [0.2, 0.25) is 0 Å². The van der Waals surface area contributed by atoms with Crippen LogP contribution in [-0.2, 0) is 9.59 Å². The molecule has 0 bridgehead atoms. The molecule has 0 radical (unpaired) electrons. The summed E-state index contributed by atoms with van der Waals surface area (Å²) in [6, 6.07) is -1.33. The zero-order valence-corrected chi connectivity index (χ0v) is 9.68. The van der Waals surface area contributed by atoms with Crippen LogP contribution in [0.1, 0.15) is 19.8 Å². The first kappa shape index (κ1) is 13.3. The smallest absolute Gasteiger partial charge is 0.325 e. The number of piperidine rings is 1. The Hall–Kier alpha value is -1.79. The van der Waals surface area contributed by atoms with Crippen molar-refractivity contribution < 1.29 is 19.5 Å². The number of amides is 3. The van der Waals surface area contributed by atoms with E-state index < -0.39 is 18.0 Å². The van der Waals surface area contributed by atoms with E-state index in [-0.39, 0.29) is 11.8 Å². The predicted molar refractivity (Wildman–Crippen MR) is 59.1 cm³/mol. The van der Waals surface area contributed by atoms with Gasteiger partial charge < -0.3 is 21.1 Å². The van der Waals surface area contributed by atoms with Crippen molar-refractivity contribution in [2.75, 3.05) is 13.1 Å². The summed E-state index contributed by atoms with van der Waals surface area (Å²) in [5.74, 6) is -1.61. The van der Waals surface area contributed by atoms with Crippen LogP contribution in [0.25, 0.3) is 0 Å². The molecule has 1 rings (SSSR count). The van der Waals surface area contributed by atoms with Gasteiger partial charge in [-0.25, -0.2) is 4.79 Å². The molecule has 3 amide bonds. The first-order valence-corrected chi connectivity index (χ1v) is 5.49. The first-order valence-electron chi connectivity index (χ1n) is 5.49. The quantitative estimate of drug-likeness (QED) is 0.612. The molecule has 1 aliphatic rings. The molecule has 0 aliphatic carbocycles. The third-order valence-electron chi connectivity index (χ3n) is 2.89. The highest BCUT2D eigenvalue weighted by Gasteiger charge is 2.27. The molecule has 1 atom stereocenters. The molecule has 1 fully saturated rings. The van der Waals surface area contributed by atoms with E-state index in [9.17, 15) is 14.4 Å². The monoisotopic (exact) mass is 243 g/mol. The average molecular weight is 243 g/mol. The largest absolute Gasteiger partial charge is 0.480 e. The van der Waals surface area contributed by atoms with Crippen LogP contribution >= 0.6 is 0 Å². The van der Waals surface area contributed by atoms with Crippen molar-refractivity contribution in [2.24, 2.45) is 11.7 Å². The summed E-state index contributed by atoms with van der Waals surface area (Å²) in [5.41, 5.74) is 5.17. The minimum Gasteiger partial charge on any atom is -0.480 e. The number of hydrogen-bond donors (Lipinski definition) is 3. The summed E-state index contributed by atoms with van der Waals surface area (Å²) in [6.45, 7) is 2.24. The van der Waals surface area contributed by atoms with Gasteiger partial charge in [-0.1, -0.05) is 0 Å². The van der Waals surface area contributed by atoms with Gasteiger partial charge >= 0.3 is 12.0 Å². The van der Waals surface area contributed by atoms with Gasteiger partial charge in [0, 0.05) is 19.0 Å². The Kier molecular flexibility index (Phi) is 4.30. The third-order valence-corrected chi connectivity index (χ3v) is 2.89. The van der Waals surface area contributed by atoms with E-state index in [4.69, 9.17) is 10.8 Å². The van der Waals surface area contributed by atoms with E-state index in [1.807, 2.05) is 0 Å². The number of carbonyl (C=O) groups excluding carboxylic acids is 2. The highest BCUT2D eigenvalue weighted by Crippen LogP contribution is 2.16. The van der Waals surface area contributed by atoms with Crippen molar-refractivity contribution in [3.63, 3.8) is 0 Å². The molecule has 0 aromatic carbocycles. The number of rotatable bonds is 3. The molecular formula is C10H17N3O4. The Morgan fingerprint density at radius 1 is 1.35 bits per heavy atom. The van der Waals surface area contributed by atoms with E-state index in [0.29, 0.717) is 25.9 Å². The number of carboxylic acid groups (broad SMARTS) is 1. The number of likely N-dealkylation sites (tertiary alicyclic amines) is 1. The van der Waals surface area contributed by atoms with Gasteiger partial charge in [-0.15, -0.1) is 0 Å². The first-order chi connectivity index (χ1) is 7.91. The standard InChI is InChI=1S/C10H17N3O4/c1-6(9(15)16)12-10(17)13-4-2-7(3-5-13)8(11)14/h6-7H,2-5H2,1H3,(H2,11,14)(H,12,17)(H,15,16)/t6-/m0/s1. The van der Waals surface area contributed by atoms with Crippen LogP contribution in [0.4, 0.5) is 4.79 Å². The minimum atomic E-state index is -1.08. The SMILES string of the molecule is C[C@H](NC(=O)N1CCC(C(N)=O)CC1)C(=O)O. The molecule has 7 nitrogen and oxygen atoms in total. The summed E-state index contributed by atoms with van der Waals surface area (Å²) in [5, 5.41) is 11.0. The molecule has 0 saturated carbocycles. The normalized spacial score (nSPS) is 18.5. The maximum atomic E-state index is 11.6. The second kappa shape index (κ2) is 5.51. The van der Waals surface area contributed by atoms with Gasteiger partial charge in [0.15, 0.2) is 0 Å². The highest BCUT2D eigenvalue weighted by molar-refractivity contribution is 5.82. The van der Waals surface area contributed by atoms with Crippen molar-refractivity contribution in [1.29, 1.82) is 0 Å². The zero-order chi connectivity index (χ0) is 13.0. The van der Waals surface area contributed by atoms with Crippen molar-refractivity contribution >= 4 is 17.9 Å². The fourth-order valence-corrected chi connectivity index (χ4v) is 1.71. The lowest BCUT2D eigenvalue weighted by Gasteiger charge is -2.31. The molecule has 0 aromatic rings. The number of nitrogens with one attached hydrogen (secondary N) is 1. The van der Waals surface area contributed by atoms with Crippen LogP contribution < -0.4 is 11.1 Å². The summed E-state index contributed by atoms with van der Waals surface area (Å²) < 4.78 is 0. The molecular weight excluding hydrogens is 226 g/mol. The lowest BCUT2D eigenvalue weighted by Crippen LogP contribution is -2.50. The molecule has 7 heteroatoms. The Morgan fingerprint density at radius 3 is 2.29 bits per heavy atom. The van der Waals surface area contributed by atoms with Crippen LogP contribution in [0.15, 0.2) is 0 Å². The van der Waals surface area contributed by atoms with Crippen molar-refractivity contribution in [1.82, 2.24) is 10.2 Å². The lowest BCUT2D eigenvalue weighted by molar-refractivity contribution is -0.138. The lowest BCUT2D eigenvalue weighted by atomic mass is 9.96. The Labute approximate surface area is 98.9 Å². The number of carboxylic acids is 1. The van der Waals surface area contributed by atoms with Crippen LogP contribution in [-0.4, -0.2) is 47.0 Å². The Bertz CT molecular complexity index is 324. The molecule has 4 N–H and O–H groups in total. The molecule has 0 unspecified atom stereocenters. The molecule has 1 aliphatic heterocycles. The number of nitrogens with zero attached hydrogens (tertiary/aromatic N) is 1. The number of aliphatic carboxylic acids is 1. The minimum absolute atomic E-state index is 0.184. The summed E-state index contributed by atoms with van der Waals surface area (Å²) in [4.78, 5) is 34.6. The van der Waals surface area contributed by atoms with E-state index in [1.54, 1.807) is 0 Å². The Morgan fingerprint density at radius 2 is 1.88 bits per heavy atom. The summed E-state index contributed by atoms with van der Waals surface area (Å²) in [6.07, 6.45) is 1.06. The predicted octanol–water partition coefficient (Wildman–Crippen LogP) is -0.634. The number of primary amides is 1. The van der Waals surface area contributed by atoms with Crippen molar-refractivity contribution in [3.8, 4) is 0 Å². The topological polar surface area (TPSA) is 113 Å². The number of hydrogen-bond acceptors (Lipinski definition) is 3. The van der Waals surface area contributed by atoms with Gasteiger partial charge in [-0.3, -0.25) is 9.59 Å². The zero-order valence-electron chi connectivity index (χ0n) is 9.68. The second-order valence-electron chi connectivity index (χ2n) is 4.17. The highest BCUT2D eigenvalue weighted by atomic mass is 16.4. The third kappa shape index (κ3) is 3.61. The Balaban J connectivity index is 2.41. The maximum absolute atomic E-state index is 11.6.